The second kappa shape index (κ2) is 7.64. The molecule has 0 N–H and O–H groups in total. The average molecular weight is 354 g/mol. The molecule has 138 valence electrons. The molecular weight excluding hydrogens is 328 g/mol. The molecule has 1 aromatic carbocycles. The topological polar surface area (TPSA) is 50.6 Å². The molecule has 0 spiro atoms. The fourth-order valence-electron chi connectivity index (χ4n) is 3.28. The van der Waals surface area contributed by atoms with Gasteiger partial charge in [-0.1, -0.05) is 6.07 Å². The van der Waals surface area contributed by atoms with E-state index in [1.807, 2.05) is 54.8 Å². The van der Waals surface area contributed by atoms with Crippen LogP contribution in [0.15, 0.2) is 30.3 Å². The van der Waals surface area contributed by atoms with E-state index in [9.17, 15) is 4.79 Å². The quantitative estimate of drug-likeness (QED) is 0.791. The fraction of sp³-hybridized carbons (Fsp3) is 0.400. The summed E-state index contributed by atoms with van der Waals surface area (Å²) in [7, 11) is 3.59. The second-order valence-electron chi connectivity index (χ2n) is 6.56. The summed E-state index contributed by atoms with van der Waals surface area (Å²) in [6, 6.07) is 8.04. The third kappa shape index (κ3) is 3.74. The molecule has 2 aromatic rings. The summed E-state index contributed by atoms with van der Waals surface area (Å²) in [4.78, 5) is 16.7. The summed E-state index contributed by atoms with van der Waals surface area (Å²) in [5.74, 6) is 0.907. The smallest absolute Gasteiger partial charge is 0.246 e. The van der Waals surface area contributed by atoms with Gasteiger partial charge < -0.3 is 14.5 Å². The molecule has 0 atom stereocenters. The van der Waals surface area contributed by atoms with E-state index in [1.54, 1.807) is 13.2 Å². The number of piperazine rings is 1. The summed E-state index contributed by atoms with van der Waals surface area (Å²) in [5.41, 5.74) is 4.16. The van der Waals surface area contributed by atoms with Crippen LogP contribution in [0, 0.1) is 13.8 Å². The average Bonchev–Trinajstić information content (AvgIpc) is 2.91. The maximum atomic E-state index is 12.5. The molecule has 1 aromatic heterocycles. The number of aryl methyl sites for hydroxylation is 2. The lowest BCUT2D eigenvalue weighted by Crippen LogP contribution is -2.48. The zero-order valence-corrected chi connectivity index (χ0v) is 15.9. The Bertz CT molecular complexity index is 817. The molecule has 26 heavy (non-hydrogen) atoms. The number of carbonyl (C=O) groups is 1. The predicted octanol–water partition coefficient (Wildman–Crippen LogP) is 2.41. The van der Waals surface area contributed by atoms with E-state index in [0.717, 1.165) is 41.5 Å². The Morgan fingerprint density at radius 2 is 1.92 bits per heavy atom. The number of carbonyl (C=O) groups excluding carboxylic acids is 1. The van der Waals surface area contributed by atoms with Gasteiger partial charge >= 0.3 is 0 Å². The highest BCUT2D eigenvalue weighted by molar-refractivity contribution is 5.92. The van der Waals surface area contributed by atoms with Crippen molar-refractivity contribution in [3.05, 3.63) is 47.3 Å². The first kappa shape index (κ1) is 18.0. The number of rotatable bonds is 4. The first-order valence-corrected chi connectivity index (χ1v) is 8.86. The molecule has 0 aliphatic carbocycles. The maximum absolute atomic E-state index is 12.5. The fourth-order valence-corrected chi connectivity index (χ4v) is 3.28. The lowest BCUT2D eigenvalue weighted by atomic mass is 10.1. The van der Waals surface area contributed by atoms with Crippen molar-refractivity contribution in [3.8, 4) is 5.75 Å². The first-order valence-electron chi connectivity index (χ1n) is 8.86. The van der Waals surface area contributed by atoms with Gasteiger partial charge in [0.25, 0.3) is 0 Å². The molecule has 1 aliphatic rings. The van der Waals surface area contributed by atoms with Crippen LogP contribution < -0.4 is 9.64 Å². The lowest BCUT2D eigenvalue weighted by Gasteiger charge is -2.35. The lowest BCUT2D eigenvalue weighted by molar-refractivity contribution is -0.126. The van der Waals surface area contributed by atoms with Gasteiger partial charge in [0.1, 0.15) is 5.75 Å². The van der Waals surface area contributed by atoms with E-state index in [0.29, 0.717) is 13.1 Å². The van der Waals surface area contributed by atoms with Crippen molar-refractivity contribution in [2.75, 3.05) is 38.2 Å². The summed E-state index contributed by atoms with van der Waals surface area (Å²) >= 11 is 0. The van der Waals surface area contributed by atoms with E-state index in [1.165, 1.54) is 0 Å². The highest BCUT2D eigenvalue weighted by Gasteiger charge is 2.20. The third-order valence-electron chi connectivity index (χ3n) is 4.97. The molecular formula is C20H26N4O2. The molecule has 1 saturated heterocycles. The number of hydrogen-bond acceptors (Lipinski definition) is 4. The van der Waals surface area contributed by atoms with E-state index >= 15 is 0 Å². The van der Waals surface area contributed by atoms with Crippen molar-refractivity contribution in [2.45, 2.75) is 13.8 Å². The van der Waals surface area contributed by atoms with Crippen LogP contribution in [-0.2, 0) is 11.8 Å². The molecule has 2 heterocycles. The monoisotopic (exact) mass is 354 g/mol. The third-order valence-corrected chi connectivity index (χ3v) is 4.97. The largest absolute Gasteiger partial charge is 0.497 e. The molecule has 6 heteroatoms. The van der Waals surface area contributed by atoms with Gasteiger partial charge in [-0.15, -0.1) is 0 Å². The zero-order chi connectivity index (χ0) is 18.7. The molecule has 6 nitrogen and oxygen atoms in total. The molecule has 0 bridgehead atoms. The van der Waals surface area contributed by atoms with Crippen LogP contribution in [0.25, 0.3) is 6.08 Å². The van der Waals surface area contributed by atoms with Crippen molar-refractivity contribution in [3.63, 3.8) is 0 Å². The Morgan fingerprint density at radius 1 is 1.19 bits per heavy atom. The number of hydrogen-bond donors (Lipinski definition) is 0. The molecule has 0 radical (unpaired) electrons. The molecule has 3 rings (SSSR count). The highest BCUT2D eigenvalue weighted by atomic mass is 16.5. The van der Waals surface area contributed by atoms with Gasteiger partial charge in [0.05, 0.1) is 12.8 Å². The maximum Gasteiger partial charge on any atom is 0.246 e. The minimum atomic E-state index is 0.0537. The SMILES string of the molecule is COc1cccc(N2CCN(C(=O)C=Cc3c(C)nn(C)c3C)CC2)c1. The normalized spacial score (nSPS) is 14.9. The molecule has 0 unspecified atom stereocenters. The van der Waals surface area contributed by atoms with Crippen molar-refractivity contribution >= 4 is 17.7 Å². The second-order valence-corrected chi connectivity index (χ2v) is 6.56. The van der Waals surface area contributed by atoms with Crippen molar-refractivity contribution in [2.24, 2.45) is 7.05 Å². The first-order chi connectivity index (χ1) is 12.5. The van der Waals surface area contributed by atoms with E-state index < -0.39 is 0 Å². The van der Waals surface area contributed by atoms with E-state index in [-0.39, 0.29) is 5.91 Å². The Hall–Kier alpha value is -2.76. The molecule has 1 fully saturated rings. The van der Waals surface area contributed by atoms with Gasteiger partial charge in [-0.05, 0) is 32.1 Å². The van der Waals surface area contributed by atoms with Gasteiger partial charge in [0.2, 0.25) is 5.91 Å². The molecule has 0 saturated carbocycles. The van der Waals surface area contributed by atoms with Crippen molar-refractivity contribution < 1.29 is 9.53 Å². The standard InChI is InChI=1S/C20H26N4O2/c1-15-19(16(2)22(3)21-15)8-9-20(25)24-12-10-23(11-13-24)17-6-5-7-18(14-17)26-4/h5-9,14H,10-13H2,1-4H3. The summed E-state index contributed by atoms with van der Waals surface area (Å²) in [6.45, 7) is 7.03. The van der Waals surface area contributed by atoms with Crippen LogP contribution in [-0.4, -0.2) is 53.9 Å². The summed E-state index contributed by atoms with van der Waals surface area (Å²) in [6.07, 6.45) is 3.55. The zero-order valence-electron chi connectivity index (χ0n) is 15.9. The van der Waals surface area contributed by atoms with Crippen molar-refractivity contribution in [1.29, 1.82) is 0 Å². The van der Waals surface area contributed by atoms with Gasteiger partial charge in [0, 0.05) is 62.3 Å². The minimum absolute atomic E-state index is 0.0537. The van der Waals surface area contributed by atoms with Crippen LogP contribution in [0.1, 0.15) is 17.0 Å². The van der Waals surface area contributed by atoms with E-state index in [4.69, 9.17) is 4.74 Å². The minimum Gasteiger partial charge on any atom is -0.497 e. The Balaban J connectivity index is 1.60. The Labute approximate surface area is 154 Å². The number of aromatic nitrogens is 2. The predicted molar refractivity (Wildman–Crippen MR) is 104 cm³/mol. The summed E-state index contributed by atoms with van der Waals surface area (Å²) < 4.78 is 7.13. The number of amides is 1. The van der Waals surface area contributed by atoms with Crippen LogP contribution in [0.2, 0.25) is 0 Å². The highest BCUT2D eigenvalue weighted by Crippen LogP contribution is 2.22. The van der Waals surface area contributed by atoms with Gasteiger partial charge in [-0.2, -0.15) is 5.10 Å². The van der Waals surface area contributed by atoms with Gasteiger partial charge in [-0.25, -0.2) is 0 Å². The van der Waals surface area contributed by atoms with Crippen LogP contribution in [0.3, 0.4) is 0 Å². The van der Waals surface area contributed by atoms with Crippen LogP contribution >= 0.6 is 0 Å². The van der Waals surface area contributed by atoms with Gasteiger partial charge in [-0.3, -0.25) is 9.48 Å². The summed E-state index contributed by atoms with van der Waals surface area (Å²) in [5, 5.41) is 4.38. The molecule has 1 amide bonds. The van der Waals surface area contributed by atoms with Crippen LogP contribution in [0.5, 0.6) is 5.75 Å². The Morgan fingerprint density at radius 3 is 2.54 bits per heavy atom. The van der Waals surface area contributed by atoms with Crippen molar-refractivity contribution in [1.82, 2.24) is 14.7 Å². The number of nitrogens with zero attached hydrogens (tertiary/aromatic N) is 4. The van der Waals surface area contributed by atoms with E-state index in [2.05, 4.69) is 16.1 Å². The number of methoxy groups -OCH3 is 1. The van der Waals surface area contributed by atoms with Crippen LogP contribution in [0.4, 0.5) is 5.69 Å². The number of benzene rings is 1. The molecule has 1 aliphatic heterocycles. The number of anilines is 1. The Kier molecular flexibility index (Phi) is 5.30. The number of ether oxygens (including phenoxy) is 1. The van der Waals surface area contributed by atoms with Gasteiger partial charge in [0.15, 0.2) is 0 Å².